The molecule has 0 saturated carbocycles. The molecule has 0 unspecified atom stereocenters. The van der Waals surface area contributed by atoms with Crippen molar-refractivity contribution in [2.75, 3.05) is 26.8 Å². The first kappa shape index (κ1) is 13.1. The first-order chi connectivity index (χ1) is 7.69. The Bertz CT molecular complexity index is 341. The Hall–Kier alpha value is -0.980. The summed E-state index contributed by atoms with van der Waals surface area (Å²) in [6.45, 7) is 4.08. The van der Waals surface area contributed by atoms with Crippen molar-refractivity contribution in [3.8, 4) is 0 Å². The molecule has 0 aromatic carbocycles. The first-order valence-corrected chi connectivity index (χ1v) is 6.04. The maximum Gasteiger partial charge on any atom is 0.273 e. The highest BCUT2D eigenvalue weighted by Gasteiger charge is 2.14. The quantitative estimate of drug-likeness (QED) is 0.747. The zero-order valence-corrected chi connectivity index (χ0v) is 10.4. The minimum Gasteiger partial charge on any atom is -0.380 e. The van der Waals surface area contributed by atoms with Crippen molar-refractivity contribution in [2.45, 2.75) is 13.5 Å². The second kappa shape index (κ2) is 6.57. The van der Waals surface area contributed by atoms with Crippen LogP contribution in [0.2, 0.25) is 0 Å². The molecule has 0 aliphatic rings. The Balaban J connectivity index is 2.49. The van der Waals surface area contributed by atoms with E-state index in [2.05, 4.69) is 4.98 Å². The van der Waals surface area contributed by atoms with Gasteiger partial charge in [0.1, 0.15) is 10.7 Å². The van der Waals surface area contributed by atoms with E-state index in [1.807, 2.05) is 6.92 Å². The predicted octanol–water partition coefficient (Wildman–Crippen LogP) is 0.710. The topological polar surface area (TPSA) is 68.5 Å². The summed E-state index contributed by atoms with van der Waals surface area (Å²) in [5.41, 5.74) is 5.90. The zero-order valence-electron chi connectivity index (χ0n) is 9.60. The molecular weight excluding hydrogens is 226 g/mol. The van der Waals surface area contributed by atoms with Gasteiger partial charge in [-0.25, -0.2) is 4.98 Å². The number of likely N-dealkylation sites (N-methyl/N-ethyl adjacent to an activating group) is 1. The number of carbonyl (C=O) groups excluding carboxylic acids is 1. The van der Waals surface area contributed by atoms with Gasteiger partial charge in [-0.3, -0.25) is 4.79 Å². The maximum atomic E-state index is 11.8. The molecule has 0 spiro atoms. The van der Waals surface area contributed by atoms with Crippen molar-refractivity contribution in [1.82, 2.24) is 9.88 Å². The molecule has 0 radical (unpaired) electrons. The number of carbonyl (C=O) groups is 1. The van der Waals surface area contributed by atoms with E-state index >= 15 is 0 Å². The molecule has 1 aromatic heterocycles. The highest BCUT2D eigenvalue weighted by Crippen LogP contribution is 2.10. The van der Waals surface area contributed by atoms with Crippen molar-refractivity contribution < 1.29 is 9.53 Å². The van der Waals surface area contributed by atoms with E-state index < -0.39 is 0 Å². The summed E-state index contributed by atoms with van der Waals surface area (Å²) in [4.78, 5) is 17.6. The van der Waals surface area contributed by atoms with Gasteiger partial charge in [-0.05, 0) is 6.92 Å². The lowest BCUT2D eigenvalue weighted by Crippen LogP contribution is -2.30. The Kier molecular flexibility index (Phi) is 5.37. The molecule has 0 saturated heterocycles. The van der Waals surface area contributed by atoms with Gasteiger partial charge in [0.15, 0.2) is 0 Å². The fraction of sp³-hybridized carbons (Fsp3) is 0.600. The lowest BCUT2D eigenvalue weighted by molar-refractivity contribution is 0.0705. The van der Waals surface area contributed by atoms with Gasteiger partial charge in [0.2, 0.25) is 0 Å². The Morgan fingerprint density at radius 2 is 2.44 bits per heavy atom. The van der Waals surface area contributed by atoms with E-state index in [9.17, 15) is 4.79 Å². The molecule has 0 atom stereocenters. The van der Waals surface area contributed by atoms with Crippen LogP contribution in [0.5, 0.6) is 0 Å². The van der Waals surface area contributed by atoms with Crippen LogP contribution >= 0.6 is 11.3 Å². The molecular formula is C10H17N3O2S. The predicted molar refractivity (Wildman–Crippen MR) is 63.5 cm³/mol. The van der Waals surface area contributed by atoms with Gasteiger partial charge in [0.05, 0.1) is 6.61 Å². The molecule has 1 amide bonds. The molecule has 0 fully saturated rings. The van der Waals surface area contributed by atoms with Crippen molar-refractivity contribution in [3.63, 3.8) is 0 Å². The average molecular weight is 243 g/mol. The van der Waals surface area contributed by atoms with Crippen LogP contribution < -0.4 is 5.73 Å². The van der Waals surface area contributed by atoms with Crippen LogP contribution in [0, 0.1) is 0 Å². The van der Waals surface area contributed by atoms with Crippen LogP contribution in [0.25, 0.3) is 0 Å². The Morgan fingerprint density at radius 1 is 1.69 bits per heavy atom. The van der Waals surface area contributed by atoms with E-state index in [0.717, 1.165) is 5.01 Å². The highest BCUT2D eigenvalue weighted by atomic mass is 32.1. The van der Waals surface area contributed by atoms with Gasteiger partial charge >= 0.3 is 0 Å². The van der Waals surface area contributed by atoms with Crippen LogP contribution in [0.15, 0.2) is 5.38 Å². The van der Waals surface area contributed by atoms with E-state index in [4.69, 9.17) is 10.5 Å². The third-order valence-electron chi connectivity index (χ3n) is 2.07. The monoisotopic (exact) mass is 243 g/mol. The van der Waals surface area contributed by atoms with Gasteiger partial charge in [-0.1, -0.05) is 0 Å². The largest absolute Gasteiger partial charge is 0.380 e. The molecule has 2 N–H and O–H groups in total. The van der Waals surface area contributed by atoms with Crippen molar-refractivity contribution in [2.24, 2.45) is 5.73 Å². The molecule has 6 heteroatoms. The number of nitrogens with two attached hydrogens (primary N) is 1. The van der Waals surface area contributed by atoms with Crippen LogP contribution in [0.1, 0.15) is 22.4 Å². The summed E-state index contributed by atoms with van der Waals surface area (Å²) >= 11 is 1.41. The minimum absolute atomic E-state index is 0.0874. The number of amides is 1. The molecule has 90 valence electrons. The standard InChI is InChI=1S/C10H17N3O2S/c1-3-15-5-4-13(2)10(14)8-7-16-9(6-11)12-8/h7H,3-6,11H2,1-2H3. The summed E-state index contributed by atoms with van der Waals surface area (Å²) in [6, 6.07) is 0. The van der Waals surface area contributed by atoms with Crippen LogP contribution in [-0.2, 0) is 11.3 Å². The molecule has 0 aliphatic carbocycles. The van der Waals surface area contributed by atoms with Gasteiger partial charge in [-0.15, -0.1) is 11.3 Å². The summed E-state index contributed by atoms with van der Waals surface area (Å²) in [6.07, 6.45) is 0. The van der Waals surface area contributed by atoms with E-state index in [0.29, 0.717) is 32.0 Å². The van der Waals surface area contributed by atoms with Crippen LogP contribution in [0.3, 0.4) is 0 Å². The Labute approximate surface area is 99.2 Å². The number of rotatable bonds is 6. The molecule has 5 nitrogen and oxygen atoms in total. The van der Waals surface area contributed by atoms with E-state index in [1.165, 1.54) is 11.3 Å². The molecule has 0 aliphatic heterocycles. The van der Waals surface area contributed by atoms with Gasteiger partial charge in [-0.2, -0.15) is 0 Å². The van der Waals surface area contributed by atoms with Gasteiger partial charge in [0.25, 0.3) is 5.91 Å². The number of hydrogen-bond donors (Lipinski definition) is 1. The van der Waals surface area contributed by atoms with E-state index in [-0.39, 0.29) is 5.91 Å². The van der Waals surface area contributed by atoms with Crippen LogP contribution in [0.4, 0.5) is 0 Å². The summed E-state index contributed by atoms with van der Waals surface area (Å²) in [5, 5.41) is 2.52. The summed E-state index contributed by atoms with van der Waals surface area (Å²) in [5.74, 6) is -0.0874. The molecule has 0 bridgehead atoms. The van der Waals surface area contributed by atoms with Crippen molar-refractivity contribution >= 4 is 17.2 Å². The highest BCUT2D eigenvalue weighted by molar-refractivity contribution is 7.09. The second-order valence-corrected chi connectivity index (χ2v) is 4.20. The average Bonchev–Trinajstić information content (AvgIpc) is 2.76. The van der Waals surface area contributed by atoms with Crippen molar-refractivity contribution in [3.05, 3.63) is 16.1 Å². The van der Waals surface area contributed by atoms with Gasteiger partial charge in [0, 0.05) is 32.1 Å². The van der Waals surface area contributed by atoms with Gasteiger partial charge < -0.3 is 15.4 Å². The molecule has 1 heterocycles. The smallest absolute Gasteiger partial charge is 0.273 e. The maximum absolute atomic E-state index is 11.8. The van der Waals surface area contributed by atoms with Crippen molar-refractivity contribution in [1.29, 1.82) is 0 Å². The normalized spacial score (nSPS) is 10.4. The first-order valence-electron chi connectivity index (χ1n) is 5.16. The molecule has 16 heavy (non-hydrogen) atoms. The third kappa shape index (κ3) is 3.55. The second-order valence-electron chi connectivity index (χ2n) is 3.25. The molecule has 1 aromatic rings. The Morgan fingerprint density at radius 3 is 3.00 bits per heavy atom. The molecule has 1 rings (SSSR count). The van der Waals surface area contributed by atoms with Crippen LogP contribution in [-0.4, -0.2) is 42.6 Å². The third-order valence-corrected chi connectivity index (χ3v) is 2.94. The number of nitrogens with zero attached hydrogens (tertiary/aromatic N) is 2. The summed E-state index contributed by atoms with van der Waals surface area (Å²) < 4.78 is 5.18. The number of ether oxygens (including phenoxy) is 1. The summed E-state index contributed by atoms with van der Waals surface area (Å²) in [7, 11) is 1.74. The lowest BCUT2D eigenvalue weighted by atomic mass is 10.4. The zero-order chi connectivity index (χ0) is 12.0. The fourth-order valence-corrected chi connectivity index (χ4v) is 1.79. The SMILES string of the molecule is CCOCCN(C)C(=O)c1csc(CN)n1. The number of hydrogen-bond acceptors (Lipinski definition) is 5. The lowest BCUT2D eigenvalue weighted by Gasteiger charge is -2.15. The van der Waals surface area contributed by atoms with E-state index in [1.54, 1.807) is 17.3 Å². The number of thiazole rings is 1. The minimum atomic E-state index is -0.0874. The fourth-order valence-electron chi connectivity index (χ4n) is 1.15. The number of aromatic nitrogens is 1.